The van der Waals surface area contributed by atoms with Crippen molar-refractivity contribution in [1.82, 2.24) is 5.32 Å². The number of nitrogens with zero attached hydrogens (tertiary/aromatic N) is 1. The van der Waals surface area contributed by atoms with E-state index in [9.17, 15) is 4.79 Å². The van der Waals surface area contributed by atoms with Gasteiger partial charge in [0.1, 0.15) is 11.6 Å². The van der Waals surface area contributed by atoms with E-state index in [-0.39, 0.29) is 5.57 Å². The second kappa shape index (κ2) is 8.43. The fraction of sp³-hybridized carbons (Fsp3) is 0.231. The molecular weight excluding hydrogens is 301 g/mol. The molecule has 0 fully saturated rings. The van der Waals surface area contributed by atoms with Gasteiger partial charge in [-0.25, -0.2) is 0 Å². The molecule has 1 amide bonds. The summed E-state index contributed by atoms with van der Waals surface area (Å²) in [6.07, 6.45) is 1.26. The van der Waals surface area contributed by atoms with Crippen molar-refractivity contribution in [2.24, 2.45) is 0 Å². The van der Waals surface area contributed by atoms with Gasteiger partial charge in [-0.3, -0.25) is 4.79 Å². The first-order valence-corrected chi connectivity index (χ1v) is 6.43. The number of nitrogens with one attached hydrogen (secondary N) is 2. The molecule has 0 heterocycles. The number of methoxy groups -OCH3 is 1. The van der Waals surface area contributed by atoms with E-state index in [1.54, 1.807) is 24.3 Å². The number of ether oxygens (including phenoxy) is 1. The van der Waals surface area contributed by atoms with Crippen LogP contribution in [-0.4, -0.2) is 26.2 Å². The monoisotopic (exact) mass is 313 g/mol. The molecule has 0 saturated heterocycles. The van der Waals surface area contributed by atoms with Crippen LogP contribution in [0.3, 0.4) is 0 Å². The molecule has 0 spiro atoms. The van der Waals surface area contributed by atoms with E-state index in [0.717, 1.165) is 0 Å². The SMILES string of the molecule is COCCNC(=O)/C(C#N)=C\Nc1c(Cl)cccc1Cl. The number of benzene rings is 1. The van der Waals surface area contributed by atoms with E-state index in [1.165, 1.54) is 13.3 Å². The Balaban J connectivity index is 2.76. The lowest BCUT2D eigenvalue weighted by molar-refractivity contribution is -0.117. The Morgan fingerprint density at radius 1 is 1.45 bits per heavy atom. The van der Waals surface area contributed by atoms with Gasteiger partial charge in [0, 0.05) is 19.9 Å². The fourth-order valence-electron chi connectivity index (χ4n) is 1.29. The summed E-state index contributed by atoms with van der Waals surface area (Å²) in [5, 5.41) is 15.0. The maximum absolute atomic E-state index is 11.7. The zero-order valence-corrected chi connectivity index (χ0v) is 12.3. The lowest BCUT2D eigenvalue weighted by Gasteiger charge is -2.07. The average molecular weight is 314 g/mol. The van der Waals surface area contributed by atoms with Crippen LogP contribution in [0.2, 0.25) is 10.0 Å². The van der Waals surface area contributed by atoms with Gasteiger partial charge >= 0.3 is 0 Å². The molecule has 0 aliphatic rings. The quantitative estimate of drug-likeness (QED) is 0.481. The first kappa shape index (κ1) is 16.3. The number of halogens is 2. The van der Waals surface area contributed by atoms with Gasteiger partial charge in [-0.1, -0.05) is 29.3 Å². The molecule has 0 bridgehead atoms. The standard InChI is InChI=1S/C13H13Cl2N3O2/c1-20-6-5-17-13(19)9(7-16)8-18-12-10(14)3-2-4-11(12)15/h2-4,8,18H,5-6H2,1H3,(H,17,19)/b9-8-. The molecule has 0 atom stereocenters. The Labute approximate surface area is 127 Å². The molecule has 1 rings (SSSR count). The third-order valence-corrected chi connectivity index (χ3v) is 2.91. The van der Waals surface area contributed by atoms with Gasteiger partial charge in [0.05, 0.1) is 22.3 Å². The molecule has 0 aliphatic heterocycles. The zero-order valence-electron chi connectivity index (χ0n) is 10.7. The Kier molecular flexibility index (Phi) is 6.88. The topological polar surface area (TPSA) is 74.1 Å². The summed E-state index contributed by atoms with van der Waals surface area (Å²) < 4.78 is 4.80. The highest BCUT2D eigenvalue weighted by atomic mass is 35.5. The van der Waals surface area contributed by atoms with Crippen LogP contribution in [0.15, 0.2) is 30.0 Å². The van der Waals surface area contributed by atoms with Crippen molar-refractivity contribution in [1.29, 1.82) is 5.26 Å². The zero-order chi connectivity index (χ0) is 15.0. The second-order valence-corrected chi connectivity index (χ2v) is 4.47. The van der Waals surface area contributed by atoms with Gasteiger partial charge in [-0.05, 0) is 12.1 Å². The van der Waals surface area contributed by atoms with Crippen LogP contribution in [0, 0.1) is 11.3 Å². The smallest absolute Gasteiger partial charge is 0.263 e. The highest BCUT2D eigenvalue weighted by Crippen LogP contribution is 2.29. The normalized spacial score (nSPS) is 10.8. The van der Waals surface area contributed by atoms with Gasteiger partial charge < -0.3 is 15.4 Å². The van der Waals surface area contributed by atoms with Crippen LogP contribution >= 0.6 is 23.2 Å². The molecule has 0 aromatic heterocycles. The van der Waals surface area contributed by atoms with Gasteiger partial charge in [0.15, 0.2) is 0 Å². The number of hydrogen-bond donors (Lipinski definition) is 2. The first-order valence-electron chi connectivity index (χ1n) is 5.68. The second-order valence-electron chi connectivity index (χ2n) is 3.66. The Hall–Kier alpha value is -1.74. The number of amides is 1. The van der Waals surface area contributed by atoms with Crippen molar-refractivity contribution >= 4 is 34.8 Å². The summed E-state index contributed by atoms with van der Waals surface area (Å²) in [7, 11) is 1.52. The third-order valence-electron chi connectivity index (χ3n) is 2.28. The highest BCUT2D eigenvalue weighted by Gasteiger charge is 2.09. The third kappa shape index (κ3) is 4.74. The largest absolute Gasteiger partial charge is 0.383 e. The van der Waals surface area contributed by atoms with Crippen LogP contribution in [0.4, 0.5) is 5.69 Å². The average Bonchev–Trinajstić information content (AvgIpc) is 2.42. The van der Waals surface area contributed by atoms with Crippen molar-refractivity contribution in [2.45, 2.75) is 0 Å². The summed E-state index contributed by atoms with van der Waals surface area (Å²) in [6.45, 7) is 0.690. The lowest BCUT2D eigenvalue weighted by Crippen LogP contribution is -2.28. The Morgan fingerprint density at radius 2 is 2.10 bits per heavy atom. The molecule has 106 valence electrons. The van der Waals surface area contributed by atoms with E-state index >= 15 is 0 Å². The van der Waals surface area contributed by atoms with Crippen molar-refractivity contribution in [2.75, 3.05) is 25.6 Å². The summed E-state index contributed by atoms with van der Waals surface area (Å²) in [5.74, 6) is -0.500. The maximum Gasteiger partial charge on any atom is 0.263 e. The van der Waals surface area contributed by atoms with Crippen LogP contribution in [-0.2, 0) is 9.53 Å². The van der Waals surface area contributed by atoms with Crippen LogP contribution in [0.25, 0.3) is 0 Å². The fourth-order valence-corrected chi connectivity index (χ4v) is 1.80. The maximum atomic E-state index is 11.7. The summed E-state index contributed by atoms with van der Waals surface area (Å²) in [6, 6.07) is 6.79. The summed E-state index contributed by atoms with van der Waals surface area (Å²) in [5.41, 5.74) is 0.352. The van der Waals surface area contributed by atoms with Crippen molar-refractivity contribution in [3.8, 4) is 6.07 Å². The van der Waals surface area contributed by atoms with E-state index in [4.69, 9.17) is 33.2 Å². The van der Waals surface area contributed by atoms with Gasteiger partial charge in [0.2, 0.25) is 0 Å². The van der Waals surface area contributed by atoms with E-state index < -0.39 is 5.91 Å². The van der Waals surface area contributed by atoms with Crippen molar-refractivity contribution < 1.29 is 9.53 Å². The van der Waals surface area contributed by atoms with Crippen LogP contribution < -0.4 is 10.6 Å². The Morgan fingerprint density at radius 3 is 2.65 bits per heavy atom. The van der Waals surface area contributed by atoms with E-state index in [0.29, 0.717) is 28.9 Å². The highest BCUT2D eigenvalue weighted by molar-refractivity contribution is 6.39. The van der Waals surface area contributed by atoms with Crippen LogP contribution in [0.1, 0.15) is 0 Å². The first-order chi connectivity index (χ1) is 9.60. The number of nitriles is 1. The Bertz CT molecular complexity index is 533. The molecule has 5 nitrogen and oxygen atoms in total. The van der Waals surface area contributed by atoms with Crippen LogP contribution in [0.5, 0.6) is 0 Å². The lowest BCUT2D eigenvalue weighted by atomic mass is 10.2. The predicted octanol–water partition coefficient (Wildman–Crippen LogP) is 2.58. The van der Waals surface area contributed by atoms with Crippen molar-refractivity contribution in [3.63, 3.8) is 0 Å². The molecule has 2 N–H and O–H groups in total. The minimum Gasteiger partial charge on any atom is -0.383 e. The predicted molar refractivity (Wildman–Crippen MR) is 78.7 cm³/mol. The van der Waals surface area contributed by atoms with Gasteiger partial charge in [0.25, 0.3) is 5.91 Å². The number of anilines is 1. The van der Waals surface area contributed by atoms with Gasteiger partial charge in [-0.2, -0.15) is 5.26 Å². The number of carbonyl (C=O) groups excluding carboxylic acids is 1. The molecule has 0 unspecified atom stereocenters. The molecule has 20 heavy (non-hydrogen) atoms. The minimum absolute atomic E-state index is 0.0860. The molecule has 1 aromatic rings. The van der Waals surface area contributed by atoms with E-state index in [1.807, 2.05) is 0 Å². The molecule has 0 saturated carbocycles. The summed E-state index contributed by atoms with van der Waals surface area (Å²) >= 11 is 11.9. The number of rotatable bonds is 6. The number of carbonyl (C=O) groups is 1. The molecule has 7 heteroatoms. The molecular formula is C13H13Cl2N3O2. The number of para-hydroxylation sites is 1. The summed E-state index contributed by atoms with van der Waals surface area (Å²) in [4.78, 5) is 11.7. The molecule has 0 radical (unpaired) electrons. The minimum atomic E-state index is -0.500. The molecule has 1 aromatic carbocycles. The van der Waals surface area contributed by atoms with E-state index in [2.05, 4.69) is 10.6 Å². The number of hydrogen-bond acceptors (Lipinski definition) is 4. The molecule has 0 aliphatic carbocycles. The van der Waals surface area contributed by atoms with Crippen molar-refractivity contribution in [3.05, 3.63) is 40.0 Å². The van der Waals surface area contributed by atoms with Gasteiger partial charge in [-0.15, -0.1) is 0 Å².